The van der Waals surface area contributed by atoms with Crippen LogP contribution in [0.25, 0.3) is 10.9 Å². The lowest BCUT2D eigenvalue weighted by molar-refractivity contribution is -0.121. The molecule has 1 heterocycles. The van der Waals surface area contributed by atoms with Crippen molar-refractivity contribution >= 4 is 16.8 Å². The predicted molar refractivity (Wildman–Crippen MR) is 109 cm³/mol. The minimum Gasteiger partial charge on any atom is -0.494 e. The number of nitrogens with zero attached hydrogens (tertiary/aromatic N) is 2. The number of aryl methyl sites for hydroxylation is 2. The first-order chi connectivity index (χ1) is 14.0. The number of amides is 1. The van der Waals surface area contributed by atoms with Crippen LogP contribution in [0.5, 0.6) is 5.75 Å². The predicted octanol–water partition coefficient (Wildman–Crippen LogP) is 3.21. The molecule has 6 nitrogen and oxygen atoms in total. The molecule has 29 heavy (non-hydrogen) atoms. The molecule has 0 saturated heterocycles. The van der Waals surface area contributed by atoms with Gasteiger partial charge in [-0.1, -0.05) is 12.1 Å². The van der Waals surface area contributed by atoms with Crippen LogP contribution in [0.1, 0.15) is 24.8 Å². The van der Waals surface area contributed by atoms with E-state index in [1.54, 1.807) is 18.2 Å². The number of hydrogen-bond donors (Lipinski definition) is 1. The Morgan fingerprint density at radius 3 is 2.76 bits per heavy atom. The second kappa shape index (κ2) is 9.82. The number of unbranched alkanes of at least 4 members (excludes halogenated alkanes) is 1. The summed E-state index contributed by atoms with van der Waals surface area (Å²) in [5, 5.41) is 3.41. The van der Waals surface area contributed by atoms with E-state index in [1.807, 2.05) is 19.1 Å². The molecule has 0 spiro atoms. The maximum absolute atomic E-state index is 12.8. The van der Waals surface area contributed by atoms with E-state index in [0.29, 0.717) is 29.8 Å². The molecule has 0 unspecified atom stereocenters. The van der Waals surface area contributed by atoms with Gasteiger partial charge >= 0.3 is 0 Å². The minimum absolute atomic E-state index is 0.110. The Hall–Kier alpha value is -3.22. The van der Waals surface area contributed by atoms with Gasteiger partial charge in [-0.25, -0.2) is 9.37 Å². The van der Waals surface area contributed by atoms with E-state index in [4.69, 9.17) is 4.74 Å². The minimum atomic E-state index is -0.295. The summed E-state index contributed by atoms with van der Waals surface area (Å²) in [5.41, 5.74) is 1.51. The van der Waals surface area contributed by atoms with E-state index in [2.05, 4.69) is 10.3 Å². The number of aromatic nitrogens is 2. The molecular weight excluding hydrogens is 373 g/mol. The van der Waals surface area contributed by atoms with Gasteiger partial charge in [0.15, 0.2) is 0 Å². The largest absolute Gasteiger partial charge is 0.494 e. The first-order valence-corrected chi connectivity index (χ1v) is 9.64. The highest BCUT2D eigenvalue weighted by atomic mass is 19.1. The fraction of sp³-hybridized carbons (Fsp3) is 0.318. The summed E-state index contributed by atoms with van der Waals surface area (Å²) < 4.78 is 19.8. The highest BCUT2D eigenvalue weighted by molar-refractivity contribution is 5.80. The SMILES string of the molecule is Cc1cccc2c(=O)n(CCC(=O)NCCCCOc3ccc(F)cc3)cnc12. The summed E-state index contributed by atoms with van der Waals surface area (Å²) in [6, 6.07) is 11.4. The summed E-state index contributed by atoms with van der Waals surface area (Å²) in [4.78, 5) is 28.9. The number of fused-ring (bicyclic) bond motifs is 1. The van der Waals surface area contributed by atoms with Crippen molar-refractivity contribution in [3.05, 3.63) is 70.5 Å². The average molecular weight is 397 g/mol. The van der Waals surface area contributed by atoms with Crippen molar-refractivity contribution in [3.8, 4) is 5.75 Å². The Balaban J connectivity index is 1.37. The number of benzene rings is 2. The van der Waals surface area contributed by atoms with Crippen LogP contribution in [0.15, 0.2) is 53.6 Å². The monoisotopic (exact) mass is 397 g/mol. The van der Waals surface area contributed by atoms with Gasteiger partial charge < -0.3 is 10.1 Å². The van der Waals surface area contributed by atoms with Gasteiger partial charge in [0.25, 0.3) is 5.56 Å². The summed E-state index contributed by atoms with van der Waals surface area (Å²) in [5.74, 6) is 0.220. The highest BCUT2D eigenvalue weighted by Crippen LogP contribution is 2.12. The molecular formula is C22H24FN3O3. The van der Waals surface area contributed by atoms with Crippen molar-refractivity contribution in [1.82, 2.24) is 14.9 Å². The van der Waals surface area contributed by atoms with E-state index < -0.39 is 0 Å². The number of nitrogens with one attached hydrogen (secondary N) is 1. The molecule has 0 aliphatic heterocycles. The zero-order chi connectivity index (χ0) is 20.6. The molecule has 3 rings (SSSR count). The summed E-state index contributed by atoms with van der Waals surface area (Å²) in [7, 11) is 0. The van der Waals surface area contributed by atoms with E-state index >= 15 is 0 Å². The standard InChI is InChI=1S/C22H24FN3O3/c1-16-5-4-6-19-21(16)25-15-26(22(19)28)13-11-20(27)24-12-2-3-14-29-18-9-7-17(23)8-10-18/h4-10,15H,2-3,11-14H2,1H3,(H,24,27). The van der Waals surface area contributed by atoms with E-state index in [9.17, 15) is 14.0 Å². The van der Waals surface area contributed by atoms with Crippen molar-refractivity contribution in [3.63, 3.8) is 0 Å². The van der Waals surface area contributed by atoms with Crippen LogP contribution in [0.3, 0.4) is 0 Å². The number of halogens is 1. The van der Waals surface area contributed by atoms with E-state index in [1.165, 1.54) is 23.0 Å². The Morgan fingerprint density at radius 1 is 1.17 bits per heavy atom. The van der Waals surface area contributed by atoms with Crippen LogP contribution in [-0.2, 0) is 11.3 Å². The first kappa shape index (κ1) is 20.5. The molecule has 2 aromatic carbocycles. The second-order valence-electron chi connectivity index (χ2n) is 6.82. The molecule has 1 amide bonds. The molecule has 0 aliphatic carbocycles. The Kier molecular flexibility index (Phi) is 6.94. The van der Waals surface area contributed by atoms with Crippen LogP contribution >= 0.6 is 0 Å². The van der Waals surface area contributed by atoms with Gasteiger partial charge in [0.2, 0.25) is 5.91 Å². The number of ether oxygens (including phenoxy) is 1. The molecule has 152 valence electrons. The third kappa shape index (κ3) is 5.63. The molecule has 0 fully saturated rings. The maximum atomic E-state index is 12.8. The Morgan fingerprint density at radius 2 is 1.97 bits per heavy atom. The number of carbonyl (C=O) groups excluding carboxylic acids is 1. The molecule has 7 heteroatoms. The quantitative estimate of drug-likeness (QED) is 0.563. The number of hydrogen-bond acceptors (Lipinski definition) is 4. The first-order valence-electron chi connectivity index (χ1n) is 9.64. The van der Waals surface area contributed by atoms with Crippen molar-refractivity contribution in [1.29, 1.82) is 0 Å². The van der Waals surface area contributed by atoms with Crippen LogP contribution in [0.4, 0.5) is 4.39 Å². The fourth-order valence-corrected chi connectivity index (χ4v) is 2.98. The van der Waals surface area contributed by atoms with Gasteiger partial charge in [-0.15, -0.1) is 0 Å². The maximum Gasteiger partial charge on any atom is 0.261 e. The van der Waals surface area contributed by atoms with Gasteiger partial charge in [-0.05, 0) is 55.7 Å². The summed E-state index contributed by atoms with van der Waals surface area (Å²) in [6.45, 7) is 3.24. The smallest absolute Gasteiger partial charge is 0.261 e. The van der Waals surface area contributed by atoms with Crippen molar-refractivity contribution in [2.75, 3.05) is 13.2 Å². The van der Waals surface area contributed by atoms with Gasteiger partial charge in [-0.3, -0.25) is 14.2 Å². The molecule has 0 bridgehead atoms. The zero-order valence-corrected chi connectivity index (χ0v) is 16.4. The Bertz CT molecular complexity index is 1030. The normalized spacial score (nSPS) is 10.8. The van der Waals surface area contributed by atoms with Gasteiger partial charge in [0.1, 0.15) is 11.6 Å². The number of para-hydroxylation sites is 1. The van der Waals surface area contributed by atoms with Gasteiger partial charge in [0.05, 0.1) is 23.8 Å². The lowest BCUT2D eigenvalue weighted by atomic mass is 10.1. The zero-order valence-electron chi connectivity index (χ0n) is 16.4. The van der Waals surface area contributed by atoms with Crippen molar-refractivity contribution in [2.24, 2.45) is 0 Å². The summed E-state index contributed by atoms with van der Waals surface area (Å²) >= 11 is 0. The van der Waals surface area contributed by atoms with Crippen molar-refractivity contribution < 1.29 is 13.9 Å². The molecule has 3 aromatic rings. The fourth-order valence-electron chi connectivity index (χ4n) is 2.98. The topological polar surface area (TPSA) is 73.2 Å². The molecule has 0 saturated carbocycles. The van der Waals surface area contributed by atoms with Crippen LogP contribution in [0.2, 0.25) is 0 Å². The van der Waals surface area contributed by atoms with Gasteiger partial charge in [-0.2, -0.15) is 0 Å². The van der Waals surface area contributed by atoms with E-state index in [0.717, 1.165) is 18.4 Å². The highest BCUT2D eigenvalue weighted by Gasteiger charge is 2.07. The molecule has 1 N–H and O–H groups in total. The third-order valence-corrected chi connectivity index (χ3v) is 4.61. The van der Waals surface area contributed by atoms with Gasteiger partial charge in [0, 0.05) is 19.5 Å². The molecule has 1 aromatic heterocycles. The van der Waals surface area contributed by atoms with Crippen LogP contribution in [-0.4, -0.2) is 28.6 Å². The molecule has 0 aliphatic rings. The van der Waals surface area contributed by atoms with Crippen LogP contribution < -0.4 is 15.6 Å². The van der Waals surface area contributed by atoms with E-state index in [-0.39, 0.29) is 30.2 Å². The molecule has 0 radical (unpaired) electrons. The molecule has 0 atom stereocenters. The number of carbonyl (C=O) groups is 1. The lowest BCUT2D eigenvalue weighted by Gasteiger charge is -2.09. The lowest BCUT2D eigenvalue weighted by Crippen LogP contribution is -2.28. The second-order valence-corrected chi connectivity index (χ2v) is 6.82. The third-order valence-electron chi connectivity index (χ3n) is 4.61. The van der Waals surface area contributed by atoms with Crippen molar-refractivity contribution in [2.45, 2.75) is 32.7 Å². The average Bonchev–Trinajstić information content (AvgIpc) is 2.72. The van der Waals surface area contributed by atoms with Crippen LogP contribution in [0, 0.1) is 12.7 Å². The summed E-state index contributed by atoms with van der Waals surface area (Å²) in [6.07, 6.45) is 3.25. The Labute approximate surface area is 168 Å². The number of rotatable bonds is 9.